The van der Waals surface area contributed by atoms with Crippen molar-refractivity contribution in [1.82, 2.24) is 4.90 Å². The van der Waals surface area contributed by atoms with E-state index in [0.29, 0.717) is 24.4 Å². The van der Waals surface area contributed by atoms with E-state index in [9.17, 15) is 14.4 Å². The second-order valence-electron chi connectivity index (χ2n) is 7.89. The van der Waals surface area contributed by atoms with Gasteiger partial charge in [-0.1, -0.05) is 18.2 Å². The highest BCUT2D eigenvalue weighted by molar-refractivity contribution is 5.99. The van der Waals surface area contributed by atoms with E-state index in [4.69, 9.17) is 9.15 Å². The number of carbonyl (C=O) groups excluding carboxylic acids is 2. The average molecular weight is 420 g/mol. The van der Waals surface area contributed by atoms with Gasteiger partial charge in [-0.2, -0.15) is 0 Å². The first kappa shape index (κ1) is 20.7. The Morgan fingerprint density at radius 2 is 1.94 bits per heavy atom. The number of nitrogens with zero attached hydrogens (tertiary/aromatic N) is 1. The molecule has 2 amide bonds. The van der Waals surface area contributed by atoms with Gasteiger partial charge < -0.3 is 19.4 Å². The maximum absolute atomic E-state index is 12.9. The van der Waals surface area contributed by atoms with Crippen LogP contribution in [0, 0.1) is 19.8 Å². The molecule has 4 rings (SSSR count). The summed E-state index contributed by atoms with van der Waals surface area (Å²) < 4.78 is 10.6. The van der Waals surface area contributed by atoms with Gasteiger partial charge in [0.2, 0.25) is 11.8 Å². The van der Waals surface area contributed by atoms with E-state index in [1.807, 2.05) is 44.2 Å². The fraction of sp³-hybridized carbons (Fsp3) is 0.292. The first-order chi connectivity index (χ1) is 14.9. The molecular formula is C24H24N2O5. The minimum Gasteiger partial charge on any atom is -0.496 e. The molecule has 0 saturated carbocycles. The Kier molecular flexibility index (Phi) is 5.50. The number of rotatable bonds is 5. The van der Waals surface area contributed by atoms with Crippen molar-refractivity contribution in [2.45, 2.75) is 26.8 Å². The molecule has 1 fully saturated rings. The van der Waals surface area contributed by atoms with Gasteiger partial charge in [0.05, 0.1) is 13.0 Å². The lowest BCUT2D eigenvalue weighted by atomic mass is 10.0. The van der Waals surface area contributed by atoms with Gasteiger partial charge in [0.15, 0.2) is 0 Å². The van der Waals surface area contributed by atoms with Crippen molar-refractivity contribution in [3.63, 3.8) is 0 Å². The van der Waals surface area contributed by atoms with Crippen LogP contribution in [0.1, 0.15) is 23.1 Å². The summed E-state index contributed by atoms with van der Waals surface area (Å²) >= 11 is 0. The molecule has 3 aromatic rings. The van der Waals surface area contributed by atoms with Crippen LogP contribution in [0.4, 0.5) is 5.69 Å². The van der Waals surface area contributed by atoms with Crippen LogP contribution in [0.25, 0.3) is 11.0 Å². The number of nitrogens with one attached hydrogen (secondary N) is 1. The van der Waals surface area contributed by atoms with Gasteiger partial charge in [-0.3, -0.25) is 9.59 Å². The molecule has 31 heavy (non-hydrogen) atoms. The van der Waals surface area contributed by atoms with E-state index in [0.717, 1.165) is 27.8 Å². The van der Waals surface area contributed by atoms with Gasteiger partial charge in [-0.25, -0.2) is 4.79 Å². The molecule has 0 aliphatic carbocycles. The van der Waals surface area contributed by atoms with Crippen molar-refractivity contribution in [3.05, 3.63) is 69.6 Å². The molecule has 1 N–H and O–H groups in total. The number of methoxy groups -OCH3 is 1. The van der Waals surface area contributed by atoms with Crippen molar-refractivity contribution in [2.75, 3.05) is 19.0 Å². The Hall–Kier alpha value is -3.61. The molecule has 7 nitrogen and oxygen atoms in total. The van der Waals surface area contributed by atoms with Crippen molar-refractivity contribution in [2.24, 2.45) is 5.92 Å². The summed E-state index contributed by atoms with van der Waals surface area (Å²) in [4.78, 5) is 38.7. The number of aryl methyl sites for hydroxylation is 2. The van der Waals surface area contributed by atoms with Gasteiger partial charge in [-0.05, 0) is 43.2 Å². The Morgan fingerprint density at radius 3 is 2.71 bits per heavy atom. The Morgan fingerprint density at radius 1 is 1.16 bits per heavy atom. The summed E-state index contributed by atoms with van der Waals surface area (Å²) in [5, 5.41) is 3.72. The molecule has 1 aliphatic rings. The van der Waals surface area contributed by atoms with Crippen LogP contribution in [0.3, 0.4) is 0 Å². The quantitative estimate of drug-likeness (QED) is 0.639. The van der Waals surface area contributed by atoms with Gasteiger partial charge in [0.25, 0.3) is 0 Å². The number of ether oxygens (including phenoxy) is 1. The molecule has 2 aromatic carbocycles. The summed E-state index contributed by atoms with van der Waals surface area (Å²) in [6.07, 6.45) is 0.168. The van der Waals surface area contributed by atoms with Crippen LogP contribution in [-0.4, -0.2) is 30.4 Å². The van der Waals surface area contributed by atoms with Gasteiger partial charge >= 0.3 is 5.63 Å². The van der Waals surface area contributed by atoms with E-state index < -0.39 is 11.5 Å². The molecule has 7 heteroatoms. The lowest BCUT2D eigenvalue weighted by molar-refractivity contribution is -0.128. The van der Waals surface area contributed by atoms with Crippen molar-refractivity contribution >= 4 is 28.5 Å². The smallest absolute Gasteiger partial charge is 0.336 e. The average Bonchev–Trinajstić information content (AvgIpc) is 3.10. The van der Waals surface area contributed by atoms with Crippen LogP contribution in [0.2, 0.25) is 0 Å². The number of carbonyl (C=O) groups is 2. The third-order valence-electron chi connectivity index (χ3n) is 5.69. The van der Waals surface area contributed by atoms with Crippen molar-refractivity contribution in [1.29, 1.82) is 0 Å². The number of fused-ring (bicyclic) bond motifs is 1. The Bertz CT molecular complexity index is 1230. The van der Waals surface area contributed by atoms with Gasteiger partial charge in [0.1, 0.15) is 11.3 Å². The Labute approximate surface area is 179 Å². The molecule has 0 radical (unpaired) electrons. The number of benzene rings is 2. The molecule has 1 aliphatic heterocycles. The summed E-state index contributed by atoms with van der Waals surface area (Å²) in [5.74, 6) is 0.0244. The number of anilines is 1. The summed E-state index contributed by atoms with van der Waals surface area (Å²) in [6, 6.07) is 12.5. The van der Waals surface area contributed by atoms with Crippen LogP contribution >= 0.6 is 0 Å². The first-order valence-electron chi connectivity index (χ1n) is 10.1. The molecule has 1 saturated heterocycles. The van der Waals surface area contributed by atoms with Crippen LogP contribution in [0.15, 0.2) is 51.7 Å². The highest BCUT2D eigenvalue weighted by Gasteiger charge is 2.34. The molecule has 0 bridgehead atoms. The molecule has 1 atom stereocenters. The highest BCUT2D eigenvalue weighted by atomic mass is 16.5. The number of hydrogen-bond donors (Lipinski definition) is 1. The third kappa shape index (κ3) is 4.17. The number of para-hydroxylation sites is 1. The second kappa shape index (κ2) is 8.26. The molecular weight excluding hydrogens is 396 g/mol. The van der Waals surface area contributed by atoms with E-state index in [1.165, 1.54) is 6.07 Å². The molecule has 2 heterocycles. The van der Waals surface area contributed by atoms with E-state index in [-0.39, 0.29) is 18.2 Å². The van der Waals surface area contributed by atoms with E-state index in [2.05, 4.69) is 5.32 Å². The number of hydrogen-bond acceptors (Lipinski definition) is 5. The number of likely N-dealkylation sites (tertiary alicyclic amines) is 1. The summed E-state index contributed by atoms with van der Waals surface area (Å²) in [6.45, 7) is 4.42. The zero-order valence-corrected chi connectivity index (χ0v) is 17.7. The normalized spacial score (nSPS) is 16.0. The van der Waals surface area contributed by atoms with Crippen LogP contribution < -0.4 is 15.7 Å². The van der Waals surface area contributed by atoms with Gasteiger partial charge in [0, 0.05) is 42.2 Å². The molecule has 1 aromatic heterocycles. The topological polar surface area (TPSA) is 88.8 Å². The maximum Gasteiger partial charge on any atom is 0.336 e. The predicted octanol–water partition coefficient (Wildman–Crippen LogP) is 3.41. The SMILES string of the molecule is COc1ccccc1CN1CC(C(=O)Nc2cc3c(C)cc(=O)oc3cc2C)CC1=O. The first-order valence-corrected chi connectivity index (χ1v) is 10.1. The fourth-order valence-corrected chi connectivity index (χ4v) is 3.98. The standard InChI is InChI=1S/C24H24N2O5/c1-14-9-23(28)31-21-8-15(2)19(11-18(14)21)25-24(29)17-10-22(27)26(13-17)12-16-6-4-5-7-20(16)30-3/h4-9,11,17H,10,12-13H2,1-3H3,(H,25,29). The predicted molar refractivity (Wildman–Crippen MR) is 117 cm³/mol. The maximum atomic E-state index is 12.9. The lowest BCUT2D eigenvalue weighted by Gasteiger charge is -2.18. The van der Waals surface area contributed by atoms with Gasteiger partial charge in [-0.15, -0.1) is 0 Å². The number of amides is 2. The lowest BCUT2D eigenvalue weighted by Crippen LogP contribution is -2.28. The van der Waals surface area contributed by atoms with Crippen molar-refractivity contribution < 1.29 is 18.7 Å². The highest BCUT2D eigenvalue weighted by Crippen LogP contribution is 2.28. The van der Waals surface area contributed by atoms with E-state index in [1.54, 1.807) is 18.1 Å². The zero-order chi connectivity index (χ0) is 22.1. The molecule has 160 valence electrons. The second-order valence-corrected chi connectivity index (χ2v) is 7.89. The third-order valence-corrected chi connectivity index (χ3v) is 5.69. The molecule has 1 unspecified atom stereocenters. The fourth-order valence-electron chi connectivity index (χ4n) is 3.98. The zero-order valence-electron chi connectivity index (χ0n) is 17.7. The van der Waals surface area contributed by atoms with E-state index >= 15 is 0 Å². The minimum absolute atomic E-state index is 0.0566. The summed E-state index contributed by atoms with van der Waals surface area (Å²) in [7, 11) is 1.60. The monoisotopic (exact) mass is 420 g/mol. The van der Waals surface area contributed by atoms with Crippen LogP contribution in [-0.2, 0) is 16.1 Å². The minimum atomic E-state index is -0.438. The van der Waals surface area contributed by atoms with Crippen LogP contribution in [0.5, 0.6) is 5.75 Å². The van der Waals surface area contributed by atoms with Crippen molar-refractivity contribution in [3.8, 4) is 5.75 Å². The summed E-state index contributed by atoms with van der Waals surface area (Å²) in [5.41, 5.74) is 3.19. The largest absolute Gasteiger partial charge is 0.496 e. The molecule has 0 spiro atoms. The Balaban J connectivity index is 1.50.